The molecule has 4 rings (SSSR count). The summed E-state index contributed by atoms with van der Waals surface area (Å²) in [5.41, 5.74) is 2.31. The third-order valence-electron chi connectivity index (χ3n) is 6.74. The van der Waals surface area contributed by atoms with Gasteiger partial charge in [0.15, 0.2) is 5.82 Å². The van der Waals surface area contributed by atoms with E-state index >= 15 is 0 Å². The Bertz CT molecular complexity index is 1230. The topological polar surface area (TPSA) is 88.1 Å². The Balaban J connectivity index is 1.37. The highest BCUT2D eigenvalue weighted by Gasteiger charge is 2.25. The minimum absolute atomic E-state index is 0.0414. The maximum absolute atomic E-state index is 13.3. The van der Waals surface area contributed by atoms with Gasteiger partial charge in [0.25, 0.3) is 5.91 Å². The summed E-state index contributed by atoms with van der Waals surface area (Å²) < 4.78 is 10.4. The summed E-state index contributed by atoms with van der Waals surface area (Å²) in [4.78, 5) is 32.2. The first-order chi connectivity index (χ1) is 18.9. The Morgan fingerprint density at radius 3 is 2.10 bits per heavy atom. The van der Waals surface area contributed by atoms with Gasteiger partial charge < -0.3 is 24.2 Å². The van der Waals surface area contributed by atoms with E-state index < -0.39 is 0 Å². The molecule has 0 saturated carbocycles. The molecule has 0 unspecified atom stereocenters. The number of methoxy groups -OCH3 is 2. The standard InChI is InChI=1S/C30H37N5O4/c1-22(2)20-35(30(37)24-8-12-26(39-4)13-9-24)21-29(36)34-17-5-16-33(18-19-34)28-15-14-27(31-32-28)23-6-10-25(38-3)11-7-23/h6-15,22H,5,16-21H2,1-4H3. The molecule has 0 atom stereocenters. The van der Waals surface area contributed by atoms with E-state index in [2.05, 4.69) is 15.1 Å². The van der Waals surface area contributed by atoms with E-state index in [4.69, 9.17) is 9.47 Å². The van der Waals surface area contributed by atoms with Crippen molar-refractivity contribution in [1.29, 1.82) is 0 Å². The number of carbonyl (C=O) groups is 2. The highest BCUT2D eigenvalue weighted by atomic mass is 16.5. The van der Waals surface area contributed by atoms with Gasteiger partial charge in [-0.15, -0.1) is 10.2 Å². The molecule has 39 heavy (non-hydrogen) atoms. The molecule has 9 heteroatoms. The molecule has 0 aliphatic carbocycles. The van der Waals surface area contributed by atoms with Crippen molar-refractivity contribution in [2.24, 2.45) is 5.92 Å². The fourth-order valence-corrected chi connectivity index (χ4v) is 4.65. The second-order valence-electron chi connectivity index (χ2n) is 10.0. The van der Waals surface area contributed by atoms with Gasteiger partial charge in [0.1, 0.15) is 18.0 Å². The molecule has 2 amide bonds. The largest absolute Gasteiger partial charge is 0.497 e. The van der Waals surface area contributed by atoms with Gasteiger partial charge in [-0.25, -0.2) is 0 Å². The van der Waals surface area contributed by atoms with Gasteiger partial charge in [0.05, 0.1) is 19.9 Å². The van der Waals surface area contributed by atoms with Gasteiger partial charge in [-0.2, -0.15) is 0 Å². The first kappa shape index (κ1) is 27.9. The summed E-state index contributed by atoms with van der Waals surface area (Å²) in [5.74, 6) is 2.32. The summed E-state index contributed by atoms with van der Waals surface area (Å²) in [5, 5.41) is 8.89. The normalized spacial score (nSPS) is 13.7. The molecule has 2 heterocycles. The van der Waals surface area contributed by atoms with Crippen molar-refractivity contribution in [1.82, 2.24) is 20.0 Å². The number of anilines is 1. The van der Waals surface area contributed by atoms with Crippen LogP contribution in [0.2, 0.25) is 0 Å². The summed E-state index contributed by atoms with van der Waals surface area (Å²) >= 11 is 0. The number of hydrogen-bond donors (Lipinski definition) is 0. The van der Waals surface area contributed by atoms with Crippen LogP contribution in [0.15, 0.2) is 60.7 Å². The highest BCUT2D eigenvalue weighted by Crippen LogP contribution is 2.22. The molecule has 1 aliphatic heterocycles. The van der Waals surface area contributed by atoms with Crippen molar-refractivity contribution in [3.63, 3.8) is 0 Å². The van der Waals surface area contributed by atoms with Crippen molar-refractivity contribution in [3.05, 3.63) is 66.2 Å². The lowest BCUT2D eigenvalue weighted by atomic mass is 10.1. The third-order valence-corrected chi connectivity index (χ3v) is 6.74. The SMILES string of the molecule is COc1ccc(C(=O)N(CC(=O)N2CCCN(c3ccc(-c4ccc(OC)cc4)nn3)CC2)CC(C)C)cc1. The van der Waals surface area contributed by atoms with Gasteiger partial charge >= 0.3 is 0 Å². The minimum Gasteiger partial charge on any atom is -0.497 e. The monoisotopic (exact) mass is 531 g/mol. The van der Waals surface area contributed by atoms with Crippen LogP contribution in [-0.4, -0.2) is 85.3 Å². The molecule has 0 spiro atoms. The molecule has 1 saturated heterocycles. The summed E-state index contributed by atoms with van der Waals surface area (Å²) in [7, 11) is 3.23. The molecule has 1 aliphatic rings. The van der Waals surface area contributed by atoms with Crippen LogP contribution in [-0.2, 0) is 4.79 Å². The minimum atomic E-state index is -0.150. The summed E-state index contributed by atoms with van der Waals surface area (Å²) in [6.07, 6.45) is 0.810. The molecule has 206 valence electrons. The van der Waals surface area contributed by atoms with E-state index in [0.717, 1.165) is 35.8 Å². The average molecular weight is 532 g/mol. The number of carbonyl (C=O) groups excluding carboxylic acids is 2. The predicted octanol–water partition coefficient (Wildman–Crippen LogP) is 4.00. The molecule has 3 aromatic rings. The van der Waals surface area contributed by atoms with E-state index in [0.29, 0.717) is 37.5 Å². The van der Waals surface area contributed by atoms with E-state index in [1.165, 1.54) is 0 Å². The number of nitrogens with zero attached hydrogens (tertiary/aromatic N) is 5. The Labute approximate surface area is 230 Å². The first-order valence-electron chi connectivity index (χ1n) is 13.3. The van der Waals surface area contributed by atoms with Crippen LogP contribution in [0.5, 0.6) is 11.5 Å². The fourth-order valence-electron chi connectivity index (χ4n) is 4.65. The Kier molecular flexibility index (Phi) is 9.35. The van der Waals surface area contributed by atoms with Crippen molar-refractivity contribution < 1.29 is 19.1 Å². The van der Waals surface area contributed by atoms with Crippen LogP contribution in [0, 0.1) is 5.92 Å². The maximum atomic E-state index is 13.3. The van der Waals surface area contributed by atoms with E-state index in [9.17, 15) is 9.59 Å². The van der Waals surface area contributed by atoms with Crippen molar-refractivity contribution >= 4 is 17.6 Å². The van der Waals surface area contributed by atoms with Crippen LogP contribution in [0.1, 0.15) is 30.6 Å². The third kappa shape index (κ3) is 7.25. The lowest BCUT2D eigenvalue weighted by molar-refractivity contribution is -0.131. The van der Waals surface area contributed by atoms with Crippen LogP contribution < -0.4 is 14.4 Å². The zero-order chi connectivity index (χ0) is 27.8. The maximum Gasteiger partial charge on any atom is 0.254 e. The number of amides is 2. The Morgan fingerprint density at radius 1 is 0.846 bits per heavy atom. The van der Waals surface area contributed by atoms with Gasteiger partial charge in [0, 0.05) is 43.9 Å². The highest BCUT2D eigenvalue weighted by molar-refractivity contribution is 5.96. The zero-order valence-corrected chi connectivity index (χ0v) is 23.2. The molecule has 0 radical (unpaired) electrons. The smallest absolute Gasteiger partial charge is 0.254 e. The molecule has 0 bridgehead atoms. The van der Waals surface area contributed by atoms with Crippen molar-refractivity contribution in [3.8, 4) is 22.8 Å². The zero-order valence-electron chi connectivity index (χ0n) is 23.2. The second kappa shape index (κ2) is 13.1. The lowest BCUT2D eigenvalue weighted by Gasteiger charge is -2.28. The fraction of sp³-hybridized carbons (Fsp3) is 0.400. The van der Waals surface area contributed by atoms with E-state index in [1.807, 2.05) is 55.1 Å². The number of rotatable bonds is 9. The Morgan fingerprint density at radius 2 is 1.51 bits per heavy atom. The molecule has 0 N–H and O–H groups in total. The number of aromatic nitrogens is 2. The van der Waals surface area contributed by atoms with Gasteiger partial charge in [-0.05, 0) is 73.0 Å². The van der Waals surface area contributed by atoms with Crippen LogP contribution in [0.4, 0.5) is 5.82 Å². The first-order valence-corrected chi connectivity index (χ1v) is 13.3. The predicted molar refractivity (Wildman–Crippen MR) is 151 cm³/mol. The number of ether oxygens (including phenoxy) is 2. The molecular formula is C30H37N5O4. The van der Waals surface area contributed by atoms with Gasteiger partial charge in [-0.3, -0.25) is 9.59 Å². The molecule has 1 fully saturated rings. The summed E-state index contributed by atoms with van der Waals surface area (Å²) in [6, 6.07) is 18.7. The summed E-state index contributed by atoms with van der Waals surface area (Å²) in [6.45, 7) is 7.28. The van der Waals surface area contributed by atoms with E-state index in [1.54, 1.807) is 43.4 Å². The van der Waals surface area contributed by atoms with Crippen LogP contribution in [0.3, 0.4) is 0 Å². The van der Waals surface area contributed by atoms with Crippen LogP contribution in [0.25, 0.3) is 11.3 Å². The van der Waals surface area contributed by atoms with Crippen molar-refractivity contribution in [2.75, 3.05) is 58.4 Å². The molecule has 9 nitrogen and oxygen atoms in total. The Hall–Kier alpha value is -4.14. The molecular weight excluding hydrogens is 494 g/mol. The molecule has 2 aromatic carbocycles. The number of benzene rings is 2. The lowest BCUT2D eigenvalue weighted by Crippen LogP contribution is -2.45. The van der Waals surface area contributed by atoms with Crippen LogP contribution >= 0.6 is 0 Å². The molecule has 1 aromatic heterocycles. The van der Waals surface area contributed by atoms with Crippen molar-refractivity contribution in [2.45, 2.75) is 20.3 Å². The quantitative estimate of drug-likeness (QED) is 0.412. The average Bonchev–Trinajstić information content (AvgIpc) is 3.23. The van der Waals surface area contributed by atoms with Gasteiger partial charge in [-0.1, -0.05) is 13.8 Å². The van der Waals surface area contributed by atoms with Gasteiger partial charge in [0.2, 0.25) is 5.91 Å². The number of hydrogen-bond acceptors (Lipinski definition) is 7. The van der Waals surface area contributed by atoms with E-state index in [-0.39, 0.29) is 24.3 Å². The second-order valence-corrected chi connectivity index (χ2v) is 10.0.